The molecule has 1 fully saturated rings. The van der Waals surface area contributed by atoms with Gasteiger partial charge in [0.25, 0.3) is 0 Å². The van der Waals surface area contributed by atoms with Crippen LogP contribution in [0, 0.1) is 6.92 Å². The first-order valence-electron chi connectivity index (χ1n) is 7.77. The van der Waals surface area contributed by atoms with Crippen molar-refractivity contribution in [3.8, 4) is 0 Å². The lowest BCUT2D eigenvalue weighted by Crippen LogP contribution is -2.53. The maximum Gasteiger partial charge on any atom is 0.113 e. The number of hydrogen-bond donors (Lipinski definition) is 1. The van der Waals surface area contributed by atoms with Crippen molar-refractivity contribution in [2.24, 2.45) is 0 Å². The van der Waals surface area contributed by atoms with Crippen LogP contribution in [-0.2, 0) is 21.4 Å². The highest BCUT2D eigenvalue weighted by Crippen LogP contribution is 2.41. The molecule has 5 heteroatoms. The minimum absolute atomic E-state index is 0.0802. The van der Waals surface area contributed by atoms with E-state index in [1.165, 1.54) is 15.6 Å². The molecule has 1 saturated heterocycles. The van der Waals surface area contributed by atoms with Crippen molar-refractivity contribution in [1.29, 1.82) is 0 Å². The van der Waals surface area contributed by atoms with Crippen LogP contribution in [0.3, 0.4) is 0 Å². The van der Waals surface area contributed by atoms with Gasteiger partial charge in [-0.15, -0.1) is 11.3 Å². The Bertz CT molecular complexity index is 473. The molecular formula is C16H28N2O2S. The Kier molecular flexibility index (Phi) is 5.41. The summed E-state index contributed by atoms with van der Waals surface area (Å²) in [4.78, 5) is 6.27. The van der Waals surface area contributed by atoms with Gasteiger partial charge in [0.1, 0.15) is 5.01 Å². The summed E-state index contributed by atoms with van der Waals surface area (Å²) in [5, 5.41) is 4.93. The summed E-state index contributed by atoms with van der Waals surface area (Å²) in [6, 6.07) is 0. The number of ether oxygens (including phenoxy) is 2. The lowest BCUT2D eigenvalue weighted by Gasteiger charge is -2.44. The number of nitrogens with one attached hydrogen (secondary N) is 1. The average Bonchev–Trinajstić information content (AvgIpc) is 2.80. The number of rotatable bonds is 6. The first-order chi connectivity index (χ1) is 9.92. The smallest absolute Gasteiger partial charge is 0.113 e. The van der Waals surface area contributed by atoms with Gasteiger partial charge in [-0.05, 0) is 33.6 Å². The molecule has 0 aromatic carbocycles. The van der Waals surface area contributed by atoms with E-state index in [9.17, 15) is 0 Å². The number of aromatic nitrogens is 1. The molecule has 0 aliphatic carbocycles. The van der Waals surface area contributed by atoms with Gasteiger partial charge >= 0.3 is 0 Å². The predicted molar refractivity (Wildman–Crippen MR) is 87.1 cm³/mol. The fraction of sp³-hybridized carbons (Fsp3) is 0.812. The highest BCUT2D eigenvalue weighted by Gasteiger charge is 2.44. The molecule has 0 saturated carbocycles. The fourth-order valence-electron chi connectivity index (χ4n) is 3.13. The average molecular weight is 312 g/mol. The van der Waals surface area contributed by atoms with Gasteiger partial charge in [-0.1, -0.05) is 6.92 Å². The fourth-order valence-corrected chi connectivity index (χ4v) is 4.33. The summed E-state index contributed by atoms with van der Waals surface area (Å²) < 4.78 is 11.1. The molecular weight excluding hydrogens is 284 g/mol. The van der Waals surface area contributed by atoms with E-state index in [2.05, 4.69) is 33.0 Å². The van der Waals surface area contributed by atoms with Gasteiger partial charge in [0.15, 0.2) is 0 Å². The van der Waals surface area contributed by atoms with E-state index in [1.54, 1.807) is 7.11 Å². The minimum Gasteiger partial charge on any atom is -0.383 e. The van der Waals surface area contributed by atoms with E-state index in [0.717, 1.165) is 32.4 Å². The molecule has 0 spiro atoms. The summed E-state index contributed by atoms with van der Waals surface area (Å²) in [6.07, 6.45) is 2.91. The Morgan fingerprint density at radius 2 is 2.19 bits per heavy atom. The highest BCUT2D eigenvalue weighted by molar-refractivity contribution is 7.11. The van der Waals surface area contributed by atoms with Crippen LogP contribution < -0.4 is 5.32 Å². The zero-order chi connectivity index (χ0) is 15.5. The first-order valence-corrected chi connectivity index (χ1v) is 8.59. The van der Waals surface area contributed by atoms with E-state index >= 15 is 0 Å². The molecule has 2 heterocycles. The summed E-state index contributed by atoms with van der Waals surface area (Å²) in [5.74, 6) is 0. The Morgan fingerprint density at radius 3 is 2.76 bits per heavy atom. The topological polar surface area (TPSA) is 43.4 Å². The van der Waals surface area contributed by atoms with Crippen LogP contribution in [-0.4, -0.2) is 37.5 Å². The van der Waals surface area contributed by atoms with Crippen LogP contribution in [0.5, 0.6) is 0 Å². The monoisotopic (exact) mass is 312 g/mol. The van der Waals surface area contributed by atoms with Gasteiger partial charge < -0.3 is 14.8 Å². The van der Waals surface area contributed by atoms with E-state index in [-0.39, 0.29) is 11.1 Å². The highest BCUT2D eigenvalue weighted by atomic mass is 32.1. The molecule has 1 aromatic heterocycles. The maximum absolute atomic E-state index is 5.92. The third-order valence-electron chi connectivity index (χ3n) is 4.16. The van der Waals surface area contributed by atoms with Gasteiger partial charge in [-0.3, -0.25) is 0 Å². The van der Waals surface area contributed by atoms with Crippen LogP contribution in [0.4, 0.5) is 0 Å². The second-order valence-electron chi connectivity index (χ2n) is 6.41. The van der Waals surface area contributed by atoms with Crippen LogP contribution >= 0.6 is 11.3 Å². The SMILES string of the molecule is CCc1nc(C2(NCCOC)CCOC(C)(C)C2)sc1C. The molecule has 1 atom stereocenters. The standard InChI is InChI=1S/C16H28N2O2S/c1-6-13-12(2)21-14(18-13)16(17-8-10-19-5)7-9-20-15(3,4)11-16/h17H,6-11H2,1-5H3. The van der Waals surface area contributed by atoms with Crippen LogP contribution in [0.15, 0.2) is 0 Å². The molecule has 1 aliphatic heterocycles. The van der Waals surface area contributed by atoms with Gasteiger partial charge in [-0.2, -0.15) is 0 Å². The van der Waals surface area contributed by atoms with Crippen molar-refractivity contribution >= 4 is 11.3 Å². The number of methoxy groups -OCH3 is 1. The van der Waals surface area contributed by atoms with Crippen LogP contribution in [0.2, 0.25) is 0 Å². The zero-order valence-corrected chi connectivity index (χ0v) is 14.7. The van der Waals surface area contributed by atoms with Gasteiger partial charge in [-0.25, -0.2) is 4.98 Å². The van der Waals surface area contributed by atoms with Gasteiger partial charge in [0.05, 0.1) is 23.4 Å². The molecule has 1 aliphatic rings. The van der Waals surface area contributed by atoms with Crippen molar-refractivity contribution < 1.29 is 9.47 Å². The van der Waals surface area contributed by atoms with E-state index < -0.39 is 0 Å². The summed E-state index contributed by atoms with van der Waals surface area (Å²) in [5.41, 5.74) is 1.03. The molecule has 120 valence electrons. The summed E-state index contributed by atoms with van der Waals surface area (Å²) in [6.45, 7) is 11.0. The molecule has 1 unspecified atom stereocenters. The van der Waals surface area contributed by atoms with Gasteiger partial charge in [0.2, 0.25) is 0 Å². The molecule has 0 bridgehead atoms. The van der Waals surface area contributed by atoms with Crippen molar-refractivity contribution in [3.05, 3.63) is 15.6 Å². The second kappa shape index (κ2) is 6.73. The van der Waals surface area contributed by atoms with Crippen LogP contribution in [0.25, 0.3) is 0 Å². The lowest BCUT2D eigenvalue weighted by atomic mass is 9.81. The number of aryl methyl sites for hydroxylation is 2. The predicted octanol–water partition coefficient (Wildman–Crippen LogP) is 3.03. The normalized spacial score (nSPS) is 25.2. The minimum atomic E-state index is -0.121. The third kappa shape index (κ3) is 3.83. The lowest BCUT2D eigenvalue weighted by molar-refractivity contribution is -0.0905. The Hall–Kier alpha value is -0.490. The Labute approximate surface area is 132 Å². The second-order valence-corrected chi connectivity index (χ2v) is 7.62. The van der Waals surface area contributed by atoms with E-state index in [4.69, 9.17) is 14.5 Å². The van der Waals surface area contributed by atoms with Crippen molar-refractivity contribution in [2.45, 2.75) is 58.1 Å². The van der Waals surface area contributed by atoms with E-state index in [1.807, 2.05) is 11.3 Å². The van der Waals surface area contributed by atoms with Crippen LogP contribution in [0.1, 0.15) is 49.2 Å². The molecule has 1 N–H and O–H groups in total. The number of hydrogen-bond acceptors (Lipinski definition) is 5. The molecule has 21 heavy (non-hydrogen) atoms. The first kappa shape index (κ1) is 16.9. The molecule has 0 radical (unpaired) electrons. The maximum atomic E-state index is 5.92. The third-order valence-corrected chi connectivity index (χ3v) is 5.37. The summed E-state index contributed by atoms with van der Waals surface area (Å²) >= 11 is 1.83. The molecule has 1 aromatic rings. The molecule has 0 amide bonds. The number of thiazole rings is 1. The van der Waals surface area contributed by atoms with Crippen molar-refractivity contribution in [2.75, 3.05) is 26.9 Å². The summed E-state index contributed by atoms with van der Waals surface area (Å²) in [7, 11) is 1.74. The quantitative estimate of drug-likeness (QED) is 0.820. The largest absolute Gasteiger partial charge is 0.383 e. The molecule has 2 rings (SSSR count). The van der Waals surface area contributed by atoms with E-state index in [0.29, 0.717) is 6.61 Å². The van der Waals surface area contributed by atoms with Gasteiger partial charge in [0, 0.05) is 31.6 Å². The van der Waals surface area contributed by atoms with Crippen molar-refractivity contribution in [3.63, 3.8) is 0 Å². The zero-order valence-electron chi connectivity index (χ0n) is 13.9. The molecule has 4 nitrogen and oxygen atoms in total. The number of nitrogens with zero attached hydrogens (tertiary/aromatic N) is 1. The van der Waals surface area contributed by atoms with Crippen molar-refractivity contribution in [1.82, 2.24) is 10.3 Å². The Morgan fingerprint density at radius 1 is 1.43 bits per heavy atom. The Balaban J connectivity index is 2.30.